The molecule has 0 aromatic carbocycles. The van der Waals surface area contributed by atoms with E-state index in [1.54, 1.807) is 13.8 Å². The lowest BCUT2D eigenvalue weighted by molar-refractivity contribution is -0.125. The van der Waals surface area contributed by atoms with Crippen LogP contribution in [0.2, 0.25) is 0 Å². The van der Waals surface area contributed by atoms with E-state index in [1.807, 2.05) is 5.43 Å². The maximum absolute atomic E-state index is 10.9. The topological polar surface area (TPSA) is 104 Å². The van der Waals surface area contributed by atoms with E-state index in [9.17, 15) is 9.59 Å². The fourth-order valence-electron chi connectivity index (χ4n) is 0.678. The van der Waals surface area contributed by atoms with Gasteiger partial charge in [0, 0.05) is 6.04 Å². The van der Waals surface area contributed by atoms with Gasteiger partial charge in [-0.15, -0.1) is 0 Å². The van der Waals surface area contributed by atoms with E-state index in [0.29, 0.717) is 0 Å². The highest BCUT2D eigenvalue weighted by molar-refractivity contribution is 5.79. The van der Waals surface area contributed by atoms with Crippen LogP contribution < -0.4 is 16.6 Å². The van der Waals surface area contributed by atoms with Gasteiger partial charge in [0.25, 0.3) is 0 Å². The van der Waals surface area contributed by atoms with Crippen LogP contribution in [0.3, 0.4) is 0 Å². The lowest BCUT2D eigenvalue weighted by Crippen LogP contribution is -2.45. The summed E-state index contributed by atoms with van der Waals surface area (Å²) >= 11 is 0. The highest BCUT2D eigenvalue weighted by Crippen LogP contribution is 2.01. The standard InChI is InChI=1S/C6H13N3O3/c1-3(5(10)9-7)4(2)8-6(11)12/h3-4,8H,7H2,1-2H3,(H,9,10)(H,11,12). The van der Waals surface area contributed by atoms with Gasteiger partial charge in [0.05, 0.1) is 5.92 Å². The van der Waals surface area contributed by atoms with Crippen molar-refractivity contribution in [1.29, 1.82) is 0 Å². The van der Waals surface area contributed by atoms with Gasteiger partial charge in [-0.2, -0.15) is 0 Å². The second-order valence-corrected chi connectivity index (χ2v) is 2.54. The number of nitrogens with two attached hydrogens (primary N) is 1. The average Bonchev–Trinajstić information content (AvgIpc) is 2.00. The summed E-state index contributed by atoms with van der Waals surface area (Å²) < 4.78 is 0. The van der Waals surface area contributed by atoms with Gasteiger partial charge in [-0.1, -0.05) is 6.92 Å². The summed E-state index contributed by atoms with van der Waals surface area (Å²) in [4.78, 5) is 21.0. The van der Waals surface area contributed by atoms with Crippen molar-refractivity contribution >= 4 is 12.0 Å². The van der Waals surface area contributed by atoms with Crippen molar-refractivity contribution in [3.05, 3.63) is 0 Å². The van der Waals surface area contributed by atoms with Crippen molar-refractivity contribution in [1.82, 2.24) is 10.7 Å². The predicted octanol–water partition coefficient (Wildman–Crippen LogP) is -0.731. The molecule has 0 radical (unpaired) electrons. The first-order valence-electron chi connectivity index (χ1n) is 3.49. The molecule has 0 saturated carbocycles. The third-order valence-electron chi connectivity index (χ3n) is 1.66. The van der Waals surface area contributed by atoms with Crippen LogP contribution in [0.15, 0.2) is 0 Å². The van der Waals surface area contributed by atoms with Gasteiger partial charge in [-0.3, -0.25) is 10.2 Å². The third-order valence-corrected chi connectivity index (χ3v) is 1.66. The molecule has 0 spiro atoms. The Kier molecular flexibility index (Phi) is 4.06. The van der Waals surface area contributed by atoms with Crippen molar-refractivity contribution < 1.29 is 14.7 Å². The number of rotatable bonds is 3. The van der Waals surface area contributed by atoms with Gasteiger partial charge >= 0.3 is 6.09 Å². The summed E-state index contributed by atoms with van der Waals surface area (Å²) in [6.07, 6.45) is -1.15. The molecule has 0 fully saturated rings. The van der Waals surface area contributed by atoms with Crippen LogP contribution in [-0.4, -0.2) is 23.1 Å². The van der Waals surface area contributed by atoms with Gasteiger partial charge in [-0.25, -0.2) is 10.6 Å². The smallest absolute Gasteiger partial charge is 0.404 e. The minimum atomic E-state index is -1.15. The molecule has 12 heavy (non-hydrogen) atoms. The SMILES string of the molecule is CC(NC(=O)O)C(C)C(=O)NN. The van der Waals surface area contributed by atoms with Crippen molar-refractivity contribution in [3.8, 4) is 0 Å². The Morgan fingerprint density at radius 1 is 1.42 bits per heavy atom. The third kappa shape index (κ3) is 3.20. The minimum absolute atomic E-state index is 0.392. The van der Waals surface area contributed by atoms with Gasteiger partial charge < -0.3 is 10.4 Å². The Labute approximate surface area is 70.1 Å². The van der Waals surface area contributed by atoms with Gasteiger partial charge in [0.1, 0.15) is 0 Å². The molecule has 0 bridgehead atoms. The Balaban J connectivity index is 4.00. The minimum Gasteiger partial charge on any atom is -0.465 e. The van der Waals surface area contributed by atoms with Crippen molar-refractivity contribution in [2.45, 2.75) is 19.9 Å². The molecular weight excluding hydrogens is 162 g/mol. The molecule has 2 atom stereocenters. The van der Waals surface area contributed by atoms with Crippen LogP contribution in [-0.2, 0) is 4.79 Å². The lowest BCUT2D eigenvalue weighted by Gasteiger charge is -2.17. The number of hydrogen-bond donors (Lipinski definition) is 4. The zero-order valence-electron chi connectivity index (χ0n) is 7.00. The largest absolute Gasteiger partial charge is 0.465 e. The predicted molar refractivity (Wildman–Crippen MR) is 42.1 cm³/mol. The Morgan fingerprint density at radius 3 is 2.25 bits per heavy atom. The molecule has 0 aliphatic carbocycles. The molecule has 70 valence electrons. The number of carbonyl (C=O) groups excluding carboxylic acids is 1. The first kappa shape index (κ1) is 10.7. The molecule has 0 aromatic heterocycles. The molecule has 2 amide bonds. The fraction of sp³-hybridized carbons (Fsp3) is 0.667. The first-order valence-corrected chi connectivity index (χ1v) is 3.49. The van der Waals surface area contributed by atoms with E-state index >= 15 is 0 Å². The van der Waals surface area contributed by atoms with Crippen LogP contribution >= 0.6 is 0 Å². The van der Waals surface area contributed by atoms with E-state index < -0.39 is 24.0 Å². The normalized spacial score (nSPS) is 14.6. The first-order chi connectivity index (χ1) is 5.49. The zero-order valence-corrected chi connectivity index (χ0v) is 7.00. The lowest BCUT2D eigenvalue weighted by atomic mass is 10.0. The zero-order chi connectivity index (χ0) is 9.72. The molecule has 0 aromatic rings. The fourth-order valence-corrected chi connectivity index (χ4v) is 0.678. The molecule has 0 aliphatic heterocycles. The number of nitrogens with one attached hydrogen (secondary N) is 2. The maximum Gasteiger partial charge on any atom is 0.404 e. The quantitative estimate of drug-likeness (QED) is 0.258. The summed E-state index contributed by atoms with van der Waals surface area (Å²) in [6.45, 7) is 3.18. The maximum atomic E-state index is 10.9. The van der Waals surface area contributed by atoms with Crippen LogP contribution in [0.5, 0.6) is 0 Å². The monoisotopic (exact) mass is 175 g/mol. The van der Waals surface area contributed by atoms with Crippen LogP contribution in [0.25, 0.3) is 0 Å². The van der Waals surface area contributed by atoms with Gasteiger partial charge in [-0.05, 0) is 6.92 Å². The Morgan fingerprint density at radius 2 is 1.92 bits per heavy atom. The molecule has 5 N–H and O–H groups in total. The van der Waals surface area contributed by atoms with Crippen molar-refractivity contribution in [2.24, 2.45) is 11.8 Å². The molecule has 0 heterocycles. The number of amides is 2. The molecule has 0 rings (SSSR count). The van der Waals surface area contributed by atoms with Crippen LogP contribution in [0.1, 0.15) is 13.8 Å². The van der Waals surface area contributed by atoms with E-state index in [0.717, 1.165) is 0 Å². The molecule has 0 aliphatic rings. The molecule has 2 unspecified atom stereocenters. The van der Waals surface area contributed by atoms with E-state index in [1.165, 1.54) is 0 Å². The second kappa shape index (κ2) is 4.55. The van der Waals surface area contributed by atoms with E-state index in [-0.39, 0.29) is 0 Å². The highest BCUT2D eigenvalue weighted by Gasteiger charge is 2.20. The second-order valence-electron chi connectivity index (χ2n) is 2.54. The van der Waals surface area contributed by atoms with Gasteiger partial charge in [0.2, 0.25) is 5.91 Å². The molecule has 0 saturated heterocycles. The summed E-state index contributed by atoms with van der Waals surface area (Å²) in [6, 6.07) is -0.453. The summed E-state index contributed by atoms with van der Waals surface area (Å²) in [5.41, 5.74) is 1.95. The van der Waals surface area contributed by atoms with Gasteiger partial charge in [0.15, 0.2) is 0 Å². The van der Waals surface area contributed by atoms with Crippen molar-refractivity contribution in [2.75, 3.05) is 0 Å². The number of hydrogen-bond acceptors (Lipinski definition) is 3. The number of carbonyl (C=O) groups is 2. The van der Waals surface area contributed by atoms with E-state index in [4.69, 9.17) is 10.9 Å². The van der Waals surface area contributed by atoms with Crippen LogP contribution in [0, 0.1) is 5.92 Å². The average molecular weight is 175 g/mol. The summed E-state index contributed by atoms with van der Waals surface area (Å²) in [5, 5.41) is 10.5. The molecular formula is C6H13N3O3. The van der Waals surface area contributed by atoms with Crippen molar-refractivity contribution in [3.63, 3.8) is 0 Å². The Hall–Kier alpha value is -1.30. The van der Waals surface area contributed by atoms with E-state index in [2.05, 4.69) is 5.32 Å². The molecule has 6 heteroatoms. The number of carboxylic acid groups (broad SMARTS) is 1. The highest BCUT2D eigenvalue weighted by atomic mass is 16.4. The summed E-state index contributed by atoms with van der Waals surface area (Å²) in [5.74, 6) is 3.99. The molecule has 6 nitrogen and oxygen atoms in total. The van der Waals surface area contributed by atoms with Crippen LogP contribution in [0.4, 0.5) is 4.79 Å². The Bertz CT molecular complexity index is 183. The number of hydrazine groups is 1. The summed E-state index contributed by atoms with van der Waals surface area (Å²) in [7, 11) is 0.